The summed E-state index contributed by atoms with van der Waals surface area (Å²) >= 11 is 1.74. The van der Waals surface area contributed by atoms with E-state index in [9.17, 15) is 4.79 Å². The van der Waals surface area contributed by atoms with Crippen LogP contribution in [0, 0.1) is 0 Å². The molecule has 6 nitrogen and oxygen atoms in total. The van der Waals surface area contributed by atoms with Crippen LogP contribution in [0.15, 0.2) is 24.3 Å². The molecule has 0 radical (unpaired) electrons. The number of thiazole rings is 1. The van der Waals surface area contributed by atoms with Crippen LogP contribution in [0.3, 0.4) is 0 Å². The predicted molar refractivity (Wildman–Crippen MR) is 121 cm³/mol. The van der Waals surface area contributed by atoms with E-state index in [0.29, 0.717) is 13.1 Å². The minimum atomic E-state index is -0.00149. The first-order valence-electron chi connectivity index (χ1n) is 11.1. The highest BCUT2D eigenvalue weighted by Crippen LogP contribution is 2.32. The van der Waals surface area contributed by atoms with Gasteiger partial charge in [0.15, 0.2) is 0 Å². The number of benzene rings is 1. The van der Waals surface area contributed by atoms with Crippen molar-refractivity contribution in [2.75, 3.05) is 32.8 Å². The van der Waals surface area contributed by atoms with Gasteiger partial charge in [-0.25, -0.2) is 9.78 Å². The maximum atomic E-state index is 12.1. The number of nitrogens with one attached hydrogen (secondary N) is 1. The van der Waals surface area contributed by atoms with Crippen molar-refractivity contribution in [2.45, 2.75) is 52.1 Å². The van der Waals surface area contributed by atoms with E-state index in [1.54, 1.807) is 11.3 Å². The summed E-state index contributed by atoms with van der Waals surface area (Å²) in [5.41, 5.74) is 2.14. The van der Waals surface area contributed by atoms with Crippen LogP contribution in [0.1, 0.15) is 43.7 Å². The molecule has 2 amide bonds. The third kappa shape index (κ3) is 4.95. The van der Waals surface area contributed by atoms with Crippen molar-refractivity contribution >= 4 is 17.4 Å². The molecule has 2 aliphatic rings. The number of carbonyl (C=O) groups is 1. The molecule has 162 valence electrons. The Balaban J connectivity index is 1.30. The first-order valence-corrected chi connectivity index (χ1v) is 11.9. The van der Waals surface area contributed by atoms with Crippen molar-refractivity contribution in [3.63, 3.8) is 0 Å². The van der Waals surface area contributed by atoms with Crippen molar-refractivity contribution in [1.82, 2.24) is 20.1 Å². The lowest BCUT2D eigenvalue weighted by Gasteiger charge is -2.25. The first-order chi connectivity index (χ1) is 14.6. The Kier molecular flexibility index (Phi) is 6.89. The molecular weight excluding hydrogens is 396 g/mol. The molecule has 0 unspecified atom stereocenters. The van der Waals surface area contributed by atoms with Gasteiger partial charge in [0.2, 0.25) is 0 Å². The molecule has 0 saturated carbocycles. The third-order valence-corrected chi connectivity index (χ3v) is 7.20. The number of aromatic nitrogens is 1. The van der Waals surface area contributed by atoms with Gasteiger partial charge in [-0.2, -0.15) is 0 Å². The quantitative estimate of drug-likeness (QED) is 0.673. The van der Waals surface area contributed by atoms with Crippen LogP contribution >= 0.6 is 11.3 Å². The molecule has 30 heavy (non-hydrogen) atoms. The molecule has 2 aromatic rings. The molecule has 0 spiro atoms. The van der Waals surface area contributed by atoms with E-state index in [1.165, 1.54) is 24.3 Å². The normalized spacial score (nSPS) is 19.0. The predicted octanol–water partition coefficient (Wildman–Crippen LogP) is 4.15. The molecule has 0 aliphatic carbocycles. The molecule has 4 rings (SSSR count). The van der Waals surface area contributed by atoms with E-state index in [1.807, 2.05) is 24.0 Å². The summed E-state index contributed by atoms with van der Waals surface area (Å²) in [6.07, 6.45) is 4.59. The Morgan fingerprint density at radius 2 is 2.13 bits per heavy atom. The highest BCUT2D eigenvalue weighted by Gasteiger charge is 2.24. The first kappa shape index (κ1) is 21.1. The summed E-state index contributed by atoms with van der Waals surface area (Å²) in [5, 5.41) is 3.90. The topological polar surface area (TPSA) is 57.7 Å². The number of hydrogen-bond acceptors (Lipinski definition) is 5. The van der Waals surface area contributed by atoms with Gasteiger partial charge in [0.05, 0.1) is 18.8 Å². The zero-order valence-corrected chi connectivity index (χ0v) is 18.8. The van der Waals surface area contributed by atoms with Crippen molar-refractivity contribution in [2.24, 2.45) is 0 Å². The van der Waals surface area contributed by atoms with Crippen molar-refractivity contribution in [3.05, 3.63) is 34.8 Å². The smallest absolute Gasteiger partial charge is 0.317 e. The number of hydrogen-bond donors (Lipinski definition) is 1. The lowest BCUT2D eigenvalue weighted by Crippen LogP contribution is -2.42. The molecule has 1 atom stereocenters. The van der Waals surface area contributed by atoms with Gasteiger partial charge in [-0.1, -0.05) is 0 Å². The number of rotatable bonds is 7. The van der Waals surface area contributed by atoms with Crippen molar-refractivity contribution in [3.8, 4) is 16.3 Å². The molecule has 1 N–H and O–H groups in total. The number of ether oxygens (including phenoxy) is 1. The number of fused-ring (bicyclic) bond motifs is 1. The number of amides is 2. The average molecular weight is 429 g/mol. The van der Waals surface area contributed by atoms with Crippen molar-refractivity contribution in [1.29, 1.82) is 0 Å². The van der Waals surface area contributed by atoms with Crippen LogP contribution in [0.4, 0.5) is 4.79 Å². The number of urea groups is 1. The Bertz CT molecular complexity index is 851. The van der Waals surface area contributed by atoms with E-state index in [-0.39, 0.29) is 6.03 Å². The van der Waals surface area contributed by atoms with Gasteiger partial charge >= 0.3 is 6.03 Å². The zero-order valence-electron chi connectivity index (χ0n) is 18.0. The van der Waals surface area contributed by atoms with Crippen LogP contribution in [0.2, 0.25) is 0 Å². The molecule has 1 saturated heterocycles. The van der Waals surface area contributed by atoms with Gasteiger partial charge in [-0.3, -0.25) is 0 Å². The highest BCUT2D eigenvalue weighted by atomic mass is 32.1. The molecule has 1 aromatic carbocycles. The minimum absolute atomic E-state index is 0.00149. The Morgan fingerprint density at radius 3 is 2.87 bits per heavy atom. The van der Waals surface area contributed by atoms with E-state index >= 15 is 0 Å². The van der Waals surface area contributed by atoms with Gasteiger partial charge in [0, 0.05) is 42.5 Å². The maximum Gasteiger partial charge on any atom is 0.317 e. The van der Waals surface area contributed by atoms with E-state index in [4.69, 9.17) is 9.72 Å². The van der Waals surface area contributed by atoms with E-state index in [2.05, 4.69) is 29.3 Å². The summed E-state index contributed by atoms with van der Waals surface area (Å²) in [7, 11) is 0. The lowest BCUT2D eigenvalue weighted by molar-refractivity contribution is 0.192. The van der Waals surface area contributed by atoms with Gasteiger partial charge in [0.25, 0.3) is 0 Å². The zero-order chi connectivity index (χ0) is 20.9. The lowest BCUT2D eigenvalue weighted by atomic mass is 10.2. The van der Waals surface area contributed by atoms with Gasteiger partial charge in [-0.15, -0.1) is 11.3 Å². The largest absolute Gasteiger partial charge is 0.494 e. The van der Waals surface area contributed by atoms with Gasteiger partial charge in [0.1, 0.15) is 10.8 Å². The Morgan fingerprint density at radius 1 is 1.30 bits per heavy atom. The summed E-state index contributed by atoms with van der Waals surface area (Å²) in [5.74, 6) is 0.914. The molecule has 7 heteroatoms. The van der Waals surface area contributed by atoms with E-state index < -0.39 is 0 Å². The summed E-state index contributed by atoms with van der Waals surface area (Å²) in [4.78, 5) is 22.6. The van der Waals surface area contributed by atoms with Gasteiger partial charge < -0.3 is 19.9 Å². The van der Waals surface area contributed by atoms with Crippen LogP contribution in [-0.2, 0) is 13.0 Å². The summed E-state index contributed by atoms with van der Waals surface area (Å²) in [6, 6.07) is 8.97. The molecule has 1 aromatic heterocycles. The molecule has 1 fully saturated rings. The Hall–Kier alpha value is -2.12. The van der Waals surface area contributed by atoms with E-state index in [0.717, 1.165) is 60.6 Å². The third-order valence-electron chi connectivity index (χ3n) is 5.99. The molecule has 2 aliphatic heterocycles. The number of nitrogens with zero attached hydrogens (tertiary/aromatic N) is 3. The molecule has 0 bridgehead atoms. The highest BCUT2D eigenvalue weighted by molar-refractivity contribution is 7.15. The molecule has 3 heterocycles. The number of carbonyl (C=O) groups excluding carboxylic acids is 1. The van der Waals surface area contributed by atoms with Crippen LogP contribution in [0.25, 0.3) is 10.6 Å². The fourth-order valence-corrected chi connectivity index (χ4v) is 5.30. The van der Waals surface area contributed by atoms with Crippen LogP contribution in [-0.4, -0.2) is 59.6 Å². The minimum Gasteiger partial charge on any atom is -0.494 e. The maximum absolute atomic E-state index is 12.1. The van der Waals surface area contributed by atoms with Crippen LogP contribution in [0.5, 0.6) is 5.75 Å². The fourth-order valence-electron chi connectivity index (χ4n) is 4.23. The summed E-state index contributed by atoms with van der Waals surface area (Å²) in [6.45, 7) is 9.36. The fraction of sp³-hybridized carbons (Fsp3) is 0.565. The molecular formula is C23H32N4O2S. The van der Waals surface area contributed by atoms with Crippen LogP contribution < -0.4 is 10.1 Å². The second-order valence-corrected chi connectivity index (χ2v) is 9.23. The second kappa shape index (κ2) is 9.79. The van der Waals surface area contributed by atoms with Gasteiger partial charge in [-0.05, 0) is 63.9 Å². The monoisotopic (exact) mass is 428 g/mol. The number of likely N-dealkylation sites (tertiary alicyclic amines) is 1. The average Bonchev–Trinajstić information content (AvgIpc) is 3.37. The standard InChI is InChI=1S/C23H32N4O2S/c1-3-24-23(28)27-14-11-21-20(16-27)25-22(30-21)18-7-9-19(10-8-18)29-15-5-13-26-12-4-6-17(26)2/h7-10,17H,3-6,11-16H2,1-2H3,(H,24,28)/t17-/m1/s1. The SMILES string of the molecule is CCNC(=O)N1CCc2sc(-c3ccc(OCCCN4CCC[C@H]4C)cc3)nc2C1. The second-order valence-electron chi connectivity index (χ2n) is 8.15. The Labute approximate surface area is 183 Å². The summed E-state index contributed by atoms with van der Waals surface area (Å²) < 4.78 is 5.94. The van der Waals surface area contributed by atoms with Crippen molar-refractivity contribution < 1.29 is 9.53 Å².